The number of guanidine groups is 1. The smallest absolute Gasteiger partial charge is 0.194 e. The van der Waals surface area contributed by atoms with Crippen molar-refractivity contribution in [1.29, 1.82) is 0 Å². The van der Waals surface area contributed by atoms with E-state index in [-0.39, 0.29) is 24.0 Å². The highest BCUT2D eigenvalue weighted by molar-refractivity contribution is 14.0. The van der Waals surface area contributed by atoms with Crippen LogP contribution < -0.4 is 5.32 Å². The third-order valence-corrected chi connectivity index (χ3v) is 5.85. The number of rotatable bonds is 7. The van der Waals surface area contributed by atoms with E-state index in [2.05, 4.69) is 73.4 Å². The van der Waals surface area contributed by atoms with Crippen LogP contribution in [0.15, 0.2) is 65.8 Å². The minimum Gasteiger partial charge on any atom is -0.376 e. The summed E-state index contributed by atoms with van der Waals surface area (Å²) in [6, 6.07) is 19.0. The fourth-order valence-electron chi connectivity index (χ4n) is 4.20. The van der Waals surface area contributed by atoms with Crippen LogP contribution in [0.3, 0.4) is 0 Å². The number of imidazole rings is 1. The van der Waals surface area contributed by atoms with Gasteiger partial charge in [-0.15, -0.1) is 24.0 Å². The monoisotopic (exact) mass is 574 g/mol. The summed E-state index contributed by atoms with van der Waals surface area (Å²) in [5, 5.41) is 3.48. The maximum atomic E-state index is 5.66. The molecule has 0 amide bonds. The molecule has 1 saturated heterocycles. The lowest BCUT2D eigenvalue weighted by molar-refractivity contribution is -0.0212. The summed E-state index contributed by atoms with van der Waals surface area (Å²) in [7, 11) is 3.84. The van der Waals surface area contributed by atoms with Gasteiger partial charge < -0.3 is 19.9 Å². The van der Waals surface area contributed by atoms with Crippen molar-refractivity contribution >= 4 is 29.9 Å². The number of aliphatic imine (C=N–C) groups is 1. The van der Waals surface area contributed by atoms with E-state index in [0.717, 1.165) is 55.8 Å². The number of H-pyrrole nitrogens is 1. The van der Waals surface area contributed by atoms with Gasteiger partial charge in [-0.25, -0.2) is 4.98 Å². The summed E-state index contributed by atoms with van der Waals surface area (Å²) in [5.41, 5.74) is 4.73. The molecule has 34 heavy (non-hydrogen) atoms. The molecule has 0 saturated carbocycles. The second-order valence-corrected chi connectivity index (χ2v) is 8.60. The average Bonchev–Trinajstić information content (AvgIpc) is 3.29. The molecule has 7 nitrogen and oxygen atoms in total. The van der Waals surface area contributed by atoms with E-state index in [0.29, 0.717) is 12.6 Å². The first-order valence-corrected chi connectivity index (χ1v) is 11.5. The SMILES string of the molecule is CN=C(NCc1cccc(CN2CCOC(C)C2)c1)N(C)Cc1ncc(-c2ccccc2)[nH]1.I. The van der Waals surface area contributed by atoms with Gasteiger partial charge in [0.05, 0.1) is 31.1 Å². The van der Waals surface area contributed by atoms with Gasteiger partial charge in [-0.2, -0.15) is 0 Å². The van der Waals surface area contributed by atoms with Crippen LogP contribution in [-0.4, -0.2) is 65.6 Å². The lowest BCUT2D eigenvalue weighted by atomic mass is 10.1. The van der Waals surface area contributed by atoms with Crippen LogP contribution >= 0.6 is 24.0 Å². The fourth-order valence-corrected chi connectivity index (χ4v) is 4.20. The van der Waals surface area contributed by atoms with Crippen LogP contribution in [0.2, 0.25) is 0 Å². The maximum Gasteiger partial charge on any atom is 0.194 e. The number of aromatic amines is 1. The molecule has 2 heterocycles. The Morgan fingerprint density at radius 3 is 2.76 bits per heavy atom. The number of morpholine rings is 1. The van der Waals surface area contributed by atoms with Crippen molar-refractivity contribution < 1.29 is 4.74 Å². The molecule has 182 valence electrons. The maximum absolute atomic E-state index is 5.66. The molecule has 0 bridgehead atoms. The normalized spacial score (nSPS) is 16.7. The van der Waals surface area contributed by atoms with E-state index in [4.69, 9.17) is 4.74 Å². The summed E-state index contributed by atoms with van der Waals surface area (Å²) >= 11 is 0. The van der Waals surface area contributed by atoms with E-state index in [1.54, 1.807) is 0 Å². The Morgan fingerprint density at radius 2 is 2.00 bits per heavy atom. The molecule has 0 radical (unpaired) electrons. The molecular formula is C26H35IN6O. The summed E-state index contributed by atoms with van der Waals surface area (Å²) in [6.07, 6.45) is 2.19. The zero-order valence-corrected chi connectivity index (χ0v) is 22.5. The molecule has 1 fully saturated rings. The van der Waals surface area contributed by atoms with Crippen molar-refractivity contribution in [2.45, 2.75) is 32.7 Å². The van der Waals surface area contributed by atoms with E-state index in [1.807, 2.05) is 38.5 Å². The lowest BCUT2D eigenvalue weighted by Gasteiger charge is -2.31. The van der Waals surface area contributed by atoms with Gasteiger partial charge in [-0.3, -0.25) is 9.89 Å². The van der Waals surface area contributed by atoms with Gasteiger partial charge in [0.15, 0.2) is 5.96 Å². The minimum atomic E-state index is 0. The van der Waals surface area contributed by atoms with Gasteiger partial charge >= 0.3 is 0 Å². The van der Waals surface area contributed by atoms with Gasteiger partial charge in [0, 0.05) is 40.3 Å². The number of hydrogen-bond donors (Lipinski definition) is 2. The molecule has 2 aromatic carbocycles. The third kappa shape index (κ3) is 7.28. The summed E-state index contributed by atoms with van der Waals surface area (Å²) in [4.78, 5) is 17.0. The number of benzene rings is 2. The van der Waals surface area contributed by atoms with Gasteiger partial charge in [-0.1, -0.05) is 54.6 Å². The molecule has 2 N–H and O–H groups in total. The van der Waals surface area contributed by atoms with Crippen molar-refractivity contribution in [3.63, 3.8) is 0 Å². The van der Waals surface area contributed by atoms with Crippen molar-refractivity contribution in [1.82, 2.24) is 25.1 Å². The topological polar surface area (TPSA) is 68.8 Å². The van der Waals surface area contributed by atoms with E-state index >= 15 is 0 Å². The van der Waals surface area contributed by atoms with Crippen molar-refractivity contribution in [3.05, 3.63) is 77.7 Å². The predicted octanol–water partition coefficient (Wildman–Crippen LogP) is 4.12. The minimum absolute atomic E-state index is 0. The van der Waals surface area contributed by atoms with E-state index < -0.39 is 0 Å². The molecule has 3 aromatic rings. The first kappa shape index (κ1) is 26.2. The summed E-state index contributed by atoms with van der Waals surface area (Å²) in [6.45, 7) is 7.24. The van der Waals surface area contributed by atoms with Gasteiger partial charge in [0.2, 0.25) is 0 Å². The molecule has 0 spiro atoms. The Bertz CT molecular complexity index is 1050. The Hall–Kier alpha value is -2.43. The number of nitrogens with zero attached hydrogens (tertiary/aromatic N) is 4. The number of hydrogen-bond acceptors (Lipinski definition) is 4. The van der Waals surface area contributed by atoms with Crippen LogP contribution in [-0.2, 0) is 24.4 Å². The van der Waals surface area contributed by atoms with Gasteiger partial charge in [0.1, 0.15) is 5.82 Å². The largest absolute Gasteiger partial charge is 0.376 e. The zero-order valence-electron chi connectivity index (χ0n) is 20.2. The second kappa shape index (κ2) is 12.9. The molecular weight excluding hydrogens is 539 g/mol. The van der Waals surface area contributed by atoms with Crippen molar-refractivity contribution in [2.24, 2.45) is 4.99 Å². The Kier molecular flexibility index (Phi) is 9.91. The Labute approximate surface area is 219 Å². The zero-order chi connectivity index (χ0) is 23.0. The fraction of sp³-hybridized carbons (Fsp3) is 0.385. The summed E-state index contributed by atoms with van der Waals surface area (Å²) in [5.74, 6) is 1.74. The van der Waals surface area contributed by atoms with Crippen LogP contribution in [0.25, 0.3) is 11.3 Å². The van der Waals surface area contributed by atoms with E-state index in [9.17, 15) is 0 Å². The Balaban J connectivity index is 0.00000324. The van der Waals surface area contributed by atoms with Crippen molar-refractivity contribution in [3.8, 4) is 11.3 Å². The van der Waals surface area contributed by atoms with Gasteiger partial charge in [-0.05, 0) is 23.6 Å². The highest BCUT2D eigenvalue weighted by atomic mass is 127. The first-order chi connectivity index (χ1) is 16.1. The molecule has 8 heteroatoms. The van der Waals surface area contributed by atoms with Crippen LogP contribution in [0.4, 0.5) is 0 Å². The number of halogens is 1. The van der Waals surface area contributed by atoms with Crippen LogP contribution in [0.1, 0.15) is 23.9 Å². The number of aromatic nitrogens is 2. The molecule has 1 aliphatic heterocycles. The molecule has 1 aliphatic rings. The molecule has 4 rings (SSSR count). The van der Waals surface area contributed by atoms with Crippen molar-refractivity contribution in [2.75, 3.05) is 33.8 Å². The summed E-state index contributed by atoms with van der Waals surface area (Å²) < 4.78 is 5.66. The quantitative estimate of drug-likeness (QED) is 0.253. The average molecular weight is 575 g/mol. The lowest BCUT2D eigenvalue weighted by Crippen LogP contribution is -2.40. The standard InChI is InChI=1S/C26H34N6O.HI/c1-20-17-32(12-13-33-20)18-22-9-7-8-21(14-22)15-29-26(27-2)31(3)19-25-28-16-24(30-25)23-10-5-4-6-11-23;/h4-11,14,16,20H,12-13,15,17-19H2,1-3H3,(H,27,29)(H,28,30);1H. The molecule has 1 unspecified atom stereocenters. The number of nitrogens with one attached hydrogen (secondary N) is 2. The van der Waals surface area contributed by atoms with Gasteiger partial charge in [0.25, 0.3) is 0 Å². The second-order valence-electron chi connectivity index (χ2n) is 8.60. The predicted molar refractivity (Wildman–Crippen MR) is 148 cm³/mol. The molecule has 0 aliphatic carbocycles. The highest BCUT2D eigenvalue weighted by Gasteiger charge is 2.16. The molecule has 1 aromatic heterocycles. The highest BCUT2D eigenvalue weighted by Crippen LogP contribution is 2.17. The molecule has 1 atom stereocenters. The Morgan fingerprint density at radius 1 is 1.21 bits per heavy atom. The van der Waals surface area contributed by atoms with Crippen LogP contribution in [0.5, 0.6) is 0 Å². The van der Waals surface area contributed by atoms with Crippen LogP contribution in [0, 0.1) is 0 Å². The number of ether oxygens (including phenoxy) is 1. The van der Waals surface area contributed by atoms with E-state index in [1.165, 1.54) is 11.1 Å². The first-order valence-electron chi connectivity index (χ1n) is 11.5. The third-order valence-electron chi connectivity index (χ3n) is 5.85.